The minimum atomic E-state index is -3.91. The first-order valence-electron chi connectivity index (χ1n) is 5.58. The van der Waals surface area contributed by atoms with E-state index in [1.165, 1.54) is 6.92 Å². The number of carboxylic acid groups (broad SMARTS) is 1. The average molecular weight is 279 g/mol. The third-order valence-corrected chi connectivity index (χ3v) is 4.65. The topological polar surface area (TPSA) is 110 Å². The number of esters is 1. The standard InChI is InChI=1S/C10H17NO6S/c1-6(10(14)17-2)18(15,16)11-8(5-9(12)13)7-3-4-7/h6-8,11H,3-5H2,1-2H3,(H,12,13). The van der Waals surface area contributed by atoms with Gasteiger partial charge in [-0.05, 0) is 25.7 Å². The van der Waals surface area contributed by atoms with Gasteiger partial charge in [-0.2, -0.15) is 0 Å². The number of ether oxygens (including phenoxy) is 1. The molecule has 104 valence electrons. The number of carbonyl (C=O) groups excluding carboxylic acids is 1. The van der Waals surface area contributed by atoms with Gasteiger partial charge in [-0.3, -0.25) is 9.59 Å². The molecular weight excluding hydrogens is 262 g/mol. The summed E-state index contributed by atoms with van der Waals surface area (Å²) >= 11 is 0. The van der Waals surface area contributed by atoms with Crippen molar-refractivity contribution in [1.82, 2.24) is 4.72 Å². The molecule has 0 saturated heterocycles. The zero-order chi connectivity index (χ0) is 13.9. The molecule has 0 aromatic heterocycles. The SMILES string of the molecule is COC(=O)C(C)S(=O)(=O)NC(CC(=O)O)C1CC1. The lowest BCUT2D eigenvalue weighted by Crippen LogP contribution is -2.45. The van der Waals surface area contributed by atoms with Crippen LogP contribution in [0.3, 0.4) is 0 Å². The zero-order valence-corrected chi connectivity index (χ0v) is 11.1. The Labute approximate surface area is 106 Å². The summed E-state index contributed by atoms with van der Waals surface area (Å²) in [7, 11) is -2.81. The lowest BCUT2D eigenvalue weighted by molar-refractivity contribution is -0.140. The monoisotopic (exact) mass is 279 g/mol. The molecule has 8 heteroatoms. The van der Waals surface area contributed by atoms with Gasteiger partial charge in [0.2, 0.25) is 10.0 Å². The van der Waals surface area contributed by atoms with Crippen LogP contribution in [-0.2, 0) is 24.3 Å². The van der Waals surface area contributed by atoms with E-state index in [2.05, 4.69) is 9.46 Å². The van der Waals surface area contributed by atoms with E-state index in [9.17, 15) is 18.0 Å². The molecule has 2 N–H and O–H groups in total. The summed E-state index contributed by atoms with van der Waals surface area (Å²) < 4.78 is 30.4. The van der Waals surface area contributed by atoms with Crippen LogP contribution in [0.25, 0.3) is 0 Å². The Morgan fingerprint density at radius 3 is 2.39 bits per heavy atom. The first-order valence-corrected chi connectivity index (χ1v) is 7.13. The maximum absolute atomic E-state index is 11.9. The highest BCUT2D eigenvalue weighted by molar-refractivity contribution is 7.90. The second kappa shape index (κ2) is 5.66. The lowest BCUT2D eigenvalue weighted by Gasteiger charge is -2.18. The van der Waals surface area contributed by atoms with Gasteiger partial charge in [-0.15, -0.1) is 0 Å². The quantitative estimate of drug-likeness (QED) is 0.620. The Kier molecular flexibility index (Phi) is 4.69. The molecule has 1 rings (SSSR count). The molecule has 0 heterocycles. The van der Waals surface area contributed by atoms with Crippen LogP contribution in [0, 0.1) is 5.92 Å². The van der Waals surface area contributed by atoms with Crippen molar-refractivity contribution >= 4 is 22.0 Å². The third-order valence-electron chi connectivity index (χ3n) is 2.90. The van der Waals surface area contributed by atoms with E-state index >= 15 is 0 Å². The van der Waals surface area contributed by atoms with Crippen molar-refractivity contribution in [2.75, 3.05) is 7.11 Å². The normalized spacial score (nSPS) is 19.0. The largest absolute Gasteiger partial charge is 0.481 e. The van der Waals surface area contributed by atoms with Crippen LogP contribution >= 0.6 is 0 Å². The molecule has 0 bridgehead atoms. The van der Waals surface area contributed by atoms with Crippen LogP contribution in [0.2, 0.25) is 0 Å². The summed E-state index contributed by atoms with van der Waals surface area (Å²) in [6, 6.07) is -0.653. The Hall–Kier alpha value is -1.15. The molecule has 0 amide bonds. The van der Waals surface area contributed by atoms with Gasteiger partial charge in [0.25, 0.3) is 0 Å². The van der Waals surface area contributed by atoms with Gasteiger partial charge in [0.1, 0.15) is 0 Å². The van der Waals surface area contributed by atoms with Gasteiger partial charge in [-0.25, -0.2) is 13.1 Å². The number of hydrogen-bond donors (Lipinski definition) is 2. The molecule has 2 unspecified atom stereocenters. The van der Waals surface area contributed by atoms with E-state index in [0.29, 0.717) is 0 Å². The highest BCUT2D eigenvalue weighted by Gasteiger charge is 2.38. The molecule has 1 saturated carbocycles. The average Bonchev–Trinajstić information content (AvgIpc) is 3.08. The Morgan fingerprint density at radius 2 is 2.00 bits per heavy atom. The Balaban J connectivity index is 2.72. The molecule has 0 aliphatic heterocycles. The maximum Gasteiger partial charge on any atom is 0.325 e. The van der Waals surface area contributed by atoms with Crippen molar-refractivity contribution in [2.24, 2.45) is 5.92 Å². The van der Waals surface area contributed by atoms with E-state index in [4.69, 9.17) is 5.11 Å². The van der Waals surface area contributed by atoms with Crippen LogP contribution in [0.1, 0.15) is 26.2 Å². The molecule has 2 atom stereocenters. The van der Waals surface area contributed by atoms with Crippen molar-refractivity contribution < 1.29 is 27.9 Å². The number of hydrogen-bond acceptors (Lipinski definition) is 5. The fourth-order valence-electron chi connectivity index (χ4n) is 1.60. The lowest BCUT2D eigenvalue weighted by atomic mass is 10.1. The predicted octanol–water partition coefficient (Wildman–Crippen LogP) is -0.279. The first kappa shape index (κ1) is 14.9. The number of rotatable bonds is 7. The molecule has 0 spiro atoms. The highest BCUT2D eigenvalue weighted by atomic mass is 32.2. The van der Waals surface area contributed by atoms with Crippen molar-refractivity contribution in [3.8, 4) is 0 Å². The van der Waals surface area contributed by atoms with E-state index in [0.717, 1.165) is 20.0 Å². The van der Waals surface area contributed by atoms with E-state index in [1.807, 2.05) is 0 Å². The predicted molar refractivity (Wildman–Crippen MR) is 62.3 cm³/mol. The summed E-state index contributed by atoms with van der Waals surface area (Å²) in [6.45, 7) is 1.21. The number of nitrogens with one attached hydrogen (secondary N) is 1. The molecule has 1 aliphatic rings. The number of carbonyl (C=O) groups is 2. The van der Waals surface area contributed by atoms with Gasteiger partial charge in [0.05, 0.1) is 13.5 Å². The van der Waals surface area contributed by atoms with Crippen molar-refractivity contribution in [3.63, 3.8) is 0 Å². The van der Waals surface area contributed by atoms with Crippen LogP contribution in [0.15, 0.2) is 0 Å². The van der Waals surface area contributed by atoms with E-state index in [-0.39, 0.29) is 12.3 Å². The van der Waals surface area contributed by atoms with Gasteiger partial charge >= 0.3 is 11.9 Å². The Bertz CT molecular complexity index is 428. The third kappa shape index (κ3) is 3.95. The summed E-state index contributed by atoms with van der Waals surface area (Å²) in [6.07, 6.45) is 1.32. The molecule has 0 aromatic carbocycles. The smallest absolute Gasteiger partial charge is 0.325 e. The molecule has 7 nitrogen and oxygen atoms in total. The minimum absolute atomic E-state index is 0.0423. The zero-order valence-electron chi connectivity index (χ0n) is 10.3. The number of carboxylic acids is 1. The van der Waals surface area contributed by atoms with Crippen molar-refractivity contribution in [1.29, 1.82) is 0 Å². The van der Waals surface area contributed by atoms with Crippen LogP contribution in [0.4, 0.5) is 0 Å². The maximum atomic E-state index is 11.9. The second-order valence-corrected chi connectivity index (χ2v) is 6.40. The number of sulfonamides is 1. The summed E-state index contributed by atoms with van der Waals surface area (Å²) in [4.78, 5) is 21.9. The first-order chi connectivity index (χ1) is 8.27. The fraction of sp³-hybridized carbons (Fsp3) is 0.800. The minimum Gasteiger partial charge on any atom is -0.481 e. The molecule has 0 radical (unpaired) electrons. The molecule has 1 fully saturated rings. The van der Waals surface area contributed by atoms with E-state index in [1.54, 1.807) is 0 Å². The van der Waals surface area contributed by atoms with Crippen molar-refractivity contribution in [2.45, 2.75) is 37.5 Å². The van der Waals surface area contributed by atoms with Gasteiger partial charge < -0.3 is 9.84 Å². The molecule has 1 aliphatic carbocycles. The van der Waals surface area contributed by atoms with Crippen LogP contribution < -0.4 is 4.72 Å². The summed E-state index contributed by atoms with van der Waals surface area (Å²) in [5, 5.41) is 7.38. The Morgan fingerprint density at radius 1 is 1.44 bits per heavy atom. The molecule has 18 heavy (non-hydrogen) atoms. The van der Waals surface area contributed by atoms with Gasteiger partial charge in [0.15, 0.2) is 5.25 Å². The summed E-state index contributed by atoms with van der Waals surface area (Å²) in [5.41, 5.74) is 0. The summed E-state index contributed by atoms with van der Waals surface area (Å²) in [5.74, 6) is -1.89. The molecular formula is C10H17NO6S. The van der Waals surface area contributed by atoms with Crippen LogP contribution in [0.5, 0.6) is 0 Å². The number of aliphatic carboxylic acids is 1. The van der Waals surface area contributed by atoms with Crippen molar-refractivity contribution in [3.05, 3.63) is 0 Å². The van der Waals surface area contributed by atoms with Gasteiger partial charge in [0, 0.05) is 6.04 Å². The van der Waals surface area contributed by atoms with Crippen LogP contribution in [-0.4, -0.2) is 43.9 Å². The van der Waals surface area contributed by atoms with Gasteiger partial charge in [-0.1, -0.05) is 0 Å². The molecule has 0 aromatic rings. The fourth-order valence-corrected chi connectivity index (χ4v) is 2.85. The van der Waals surface area contributed by atoms with E-state index < -0.39 is 33.3 Å². The highest BCUT2D eigenvalue weighted by Crippen LogP contribution is 2.34. The number of methoxy groups -OCH3 is 1. The second-order valence-electron chi connectivity index (χ2n) is 4.37.